The van der Waals surface area contributed by atoms with Crippen molar-refractivity contribution in [1.29, 1.82) is 0 Å². The normalized spacial score (nSPS) is 10.7. The van der Waals surface area contributed by atoms with Crippen LogP contribution in [0.4, 0.5) is 14.5 Å². The minimum atomic E-state index is -2.48. The molecule has 28 heavy (non-hydrogen) atoms. The van der Waals surface area contributed by atoms with Crippen molar-refractivity contribution in [3.8, 4) is 0 Å². The van der Waals surface area contributed by atoms with Crippen molar-refractivity contribution in [3.05, 3.63) is 82.0 Å². The van der Waals surface area contributed by atoms with E-state index in [0.717, 1.165) is 5.56 Å². The van der Waals surface area contributed by atoms with Crippen LogP contribution in [0, 0.1) is 0 Å². The van der Waals surface area contributed by atoms with Crippen molar-refractivity contribution in [3.63, 3.8) is 0 Å². The van der Waals surface area contributed by atoms with Crippen molar-refractivity contribution in [2.75, 3.05) is 5.32 Å². The molecule has 0 saturated heterocycles. The Hall–Kier alpha value is -2.71. The van der Waals surface area contributed by atoms with Gasteiger partial charge in [0.2, 0.25) is 0 Å². The third kappa shape index (κ3) is 5.64. The van der Waals surface area contributed by atoms with E-state index in [1.165, 1.54) is 23.5 Å². The Morgan fingerprint density at radius 1 is 0.964 bits per heavy atom. The van der Waals surface area contributed by atoms with E-state index in [1.807, 2.05) is 11.4 Å². The summed E-state index contributed by atoms with van der Waals surface area (Å²) in [5.74, 6) is -2.91. The number of carbonyl (C=O) groups is 2. The summed E-state index contributed by atoms with van der Waals surface area (Å²) >= 11 is 1.83. The fraction of sp³-hybridized carbons (Fsp3) is 0.100. The van der Waals surface area contributed by atoms with Crippen LogP contribution in [0.25, 0.3) is 0 Å². The number of alkyl halides is 2. The fourth-order valence-corrected chi connectivity index (χ4v) is 3.51. The number of hydrogen-bond acceptors (Lipinski definition) is 4. The molecule has 0 aliphatic heterocycles. The Morgan fingerprint density at radius 3 is 2.29 bits per heavy atom. The second-order valence-corrected chi connectivity index (χ2v) is 7.73. The molecule has 0 fully saturated rings. The van der Waals surface area contributed by atoms with Crippen LogP contribution in [-0.4, -0.2) is 17.6 Å². The highest BCUT2D eigenvalue weighted by atomic mass is 32.2. The van der Waals surface area contributed by atoms with Crippen molar-refractivity contribution in [2.45, 2.75) is 17.2 Å². The highest BCUT2D eigenvalue weighted by Gasteiger charge is 2.09. The van der Waals surface area contributed by atoms with Gasteiger partial charge in [-0.25, -0.2) is 0 Å². The first-order chi connectivity index (χ1) is 13.5. The van der Waals surface area contributed by atoms with E-state index >= 15 is 0 Å². The molecular formula is C20H16F2N2O2S2. The predicted molar refractivity (Wildman–Crippen MR) is 108 cm³/mol. The van der Waals surface area contributed by atoms with Gasteiger partial charge in [0.1, 0.15) is 0 Å². The first kappa shape index (κ1) is 20.0. The van der Waals surface area contributed by atoms with Gasteiger partial charge in [-0.2, -0.15) is 8.78 Å². The standard InChI is InChI=1S/C20H16F2N2O2S2/c21-20(22)28-16-9-7-15(8-10-16)24-18(25)14-5-3-13(4-6-14)12-23-19(26)17-2-1-11-27-17/h1-11,20H,12H2,(H,23,26)(H,24,25). The molecule has 3 rings (SSSR count). The molecule has 1 heterocycles. The Labute approximate surface area is 169 Å². The summed E-state index contributed by atoms with van der Waals surface area (Å²) < 4.78 is 24.7. The molecule has 0 aliphatic carbocycles. The Balaban J connectivity index is 1.54. The van der Waals surface area contributed by atoms with Crippen LogP contribution in [0.5, 0.6) is 0 Å². The molecule has 4 nitrogen and oxygen atoms in total. The van der Waals surface area contributed by atoms with E-state index in [2.05, 4.69) is 10.6 Å². The number of nitrogens with one attached hydrogen (secondary N) is 2. The number of amides is 2. The lowest BCUT2D eigenvalue weighted by atomic mass is 10.1. The second kappa shape index (κ2) is 9.48. The largest absolute Gasteiger partial charge is 0.347 e. The molecule has 144 valence electrons. The van der Waals surface area contributed by atoms with Gasteiger partial charge in [-0.3, -0.25) is 9.59 Å². The Morgan fingerprint density at radius 2 is 1.68 bits per heavy atom. The molecule has 0 radical (unpaired) electrons. The van der Waals surface area contributed by atoms with E-state index in [9.17, 15) is 18.4 Å². The molecule has 0 bridgehead atoms. The summed E-state index contributed by atoms with van der Waals surface area (Å²) in [5.41, 5.74) is 1.85. The van der Waals surface area contributed by atoms with E-state index in [1.54, 1.807) is 42.5 Å². The maximum Gasteiger partial charge on any atom is 0.288 e. The first-order valence-corrected chi connectivity index (χ1v) is 10.0. The van der Waals surface area contributed by atoms with Crippen LogP contribution in [0.2, 0.25) is 0 Å². The molecule has 3 aromatic rings. The van der Waals surface area contributed by atoms with E-state index in [-0.39, 0.29) is 11.8 Å². The smallest absolute Gasteiger partial charge is 0.288 e. The third-order valence-corrected chi connectivity index (χ3v) is 5.34. The van der Waals surface area contributed by atoms with Crippen LogP contribution in [0.1, 0.15) is 25.6 Å². The lowest BCUT2D eigenvalue weighted by molar-refractivity contribution is 0.0953. The quantitative estimate of drug-likeness (QED) is 0.516. The summed E-state index contributed by atoms with van der Waals surface area (Å²) in [6.45, 7) is 0.363. The van der Waals surface area contributed by atoms with Gasteiger partial charge in [-0.1, -0.05) is 30.0 Å². The number of carbonyl (C=O) groups excluding carboxylic acids is 2. The molecule has 0 spiro atoms. The van der Waals surface area contributed by atoms with E-state index in [4.69, 9.17) is 0 Å². The second-order valence-electron chi connectivity index (χ2n) is 5.71. The number of rotatable bonds is 7. The predicted octanol–water partition coefficient (Wildman–Crippen LogP) is 5.25. The Kier molecular flexibility index (Phi) is 6.78. The van der Waals surface area contributed by atoms with Crippen LogP contribution >= 0.6 is 23.1 Å². The van der Waals surface area contributed by atoms with Crippen LogP contribution in [-0.2, 0) is 6.54 Å². The molecular weight excluding hydrogens is 402 g/mol. The zero-order valence-electron chi connectivity index (χ0n) is 14.5. The average Bonchev–Trinajstić information content (AvgIpc) is 3.22. The lowest BCUT2D eigenvalue weighted by Gasteiger charge is -2.08. The van der Waals surface area contributed by atoms with Crippen molar-refractivity contribution >= 4 is 40.6 Å². The van der Waals surface area contributed by atoms with Gasteiger partial charge in [0.25, 0.3) is 17.6 Å². The number of thioether (sulfide) groups is 1. The molecule has 8 heteroatoms. The lowest BCUT2D eigenvalue weighted by Crippen LogP contribution is -2.21. The molecule has 2 aromatic carbocycles. The first-order valence-electron chi connectivity index (χ1n) is 8.28. The van der Waals surface area contributed by atoms with Gasteiger partial charge in [0.05, 0.1) is 4.88 Å². The molecule has 0 unspecified atom stereocenters. The van der Waals surface area contributed by atoms with E-state index < -0.39 is 5.76 Å². The molecule has 2 amide bonds. The molecule has 0 saturated carbocycles. The summed E-state index contributed by atoms with van der Waals surface area (Å²) in [4.78, 5) is 25.3. The topological polar surface area (TPSA) is 58.2 Å². The van der Waals surface area contributed by atoms with E-state index in [0.29, 0.717) is 39.3 Å². The molecule has 2 N–H and O–H groups in total. The van der Waals surface area contributed by atoms with Crippen LogP contribution < -0.4 is 10.6 Å². The SMILES string of the molecule is O=C(Nc1ccc(SC(F)F)cc1)c1ccc(CNC(=O)c2cccs2)cc1. The zero-order chi connectivity index (χ0) is 19.9. The third-order valence-electron chi connectivity index (χ3n) is 3.75. The maximum atomic E-state index is 12.3. The van der Waals surface area contributed by atoms with Gasteiger partial charge in [-0.05, 0) is 53.4 Å². The number of anilines is 1. The highest BCUT2D eigenvalue weighted by molar-refractivity contribution is 7.99. The molecule has 0 atom stereocenters. The number of halogens is 2. The van der Waals surface area contributed by atoms with Gasteiger partial charge in [0, 0.05) is 22.7 Å². The number of benzene rings is 2. The Bertz CT molecular complexity index is 928. The van der Waals surface area contributed by atoms with Crippen molar-refractivity contribution in [1.82, 2.24) is 5.32 Å². The zero-order valence-corrected chi connectivity index (χ0v) is 16.2. The summed E-state index contributed by atoms with van der Waals surface area (Å²) in [7, 11) is 0. The minimum Gasteiger partial charge on any atom is -0.347 e. The monoisotopic (exact) mass is 418 g/mol. The maximum absolute atomic E-state index is 12.3. The minimum absolute atomic E-state index is 0.134. The highest BCUT2D eigenvalue weighted by Crippen LogP contribution is 2.26. The number of thiophene rings is 1. The van der Waals surface area contributed by atoms with Crippen LogP contribution in [0.15, 0.2) is 70.9 Å². The van der Waals surface area contributed by atoms with Crippen LogP contribution in [0.3, 0.4) is 0 Å². The van der Waals surface area contributed by atoms with Crippen molar-refractivity contribution in [2.24, 2.45) is 0 Å². The summed E-state index contributed by atoms with van der Waals surface area (Å²) in [6, 6.07) is 16.7. The van der Waals surface area contributed by atoms with Crippen molar-refractivity contribution < 1.29 is 18.4 Å². The average molecular weight is 418 g/mol. The van der Waals surface area contributed by atoms with Gasteiger partial charge in [0.15, 0.2) is 0 Å². The molecule has 0 aliphatic rings. The fourth-order valence-electron chi connectivity index (χ4n) is 2.37. The summed E-state index contributed by atoms with van der Waals surface area (Å²) in [5, 5.41) is 7.39. The number of hydrogen-bond donors (Lipinski definition) is 2. The van der Waals surface area contributed by atoms with Gasteiger partial charge < -0.3 is 10.6 Å². The molecule has 1 aromatic heterocycles. The van der Waals surface area contributed by atoms with Gasteiger partial charge >= 0.3 is 0 Å². The van der Waals surface area contributed by atoms with Gasteiger partial charge in [-0.15, -0.1) is 11.3 Å². The summed E-state index contributed by atoms with van der Waals surface area (Å²) in [6.07, 6.45) is 0.